The van der Waals surface area contributed by atoms with Gasteiger partial charge in [0.05, 0.1) is 12.2 Å². The van der Waals surface area contributed by atoms with Crippen LogP contribution in [-0.4, -0.2) is 29.6 Å². The molecular formula is C27H45NO2. The molecule has 0 bridgehead atoms. The standard InChI is InChI=1S/C27H45NO2/c1-16-7-12-27(28-15-16)17(2)24-23(30-27)14-22-20-6-5-18-13-19(29)8-10-25(18,3)21(20)9-11-26(22,24)4/h16-24,28-29H,5-15H2,1-4H3/t16?,17?,18?,19?,20?,21?,22?,23?,24?,25-,26-,27-/m0/s1. The normalized spacial score (nSPS) is 62.5. The first-order valence-electron chi connectivity index (χ1n) is 13.4. The van der Waals surface area contributed by atoms with Crippen LogP contribution in [0, 0.1) is 52.3 Å². The van der Waals surface area contributed by atoms with Gasteiger partial charge in [0, 0.05) is 12.5 Å². The molecule has 2 aliphatic heterocycles. The van der Waals surface area contributed by atoms with Crippen molar-refractivity contribution in [1.82, 2.24) is 5.32 Å². The number of hydrogen-bond donors (Lipinski definition) is 2. The first kappa shape index (κ1) is 20.5. The summed E-state index contributed by atoms with van der Waals surface area (Å²) in [5, 5.41) is 14.2. The molecule has 12 atom stereocenters. The van der Waals surface area contributed by atoms with E-state index in [1.54, 1.807) is 0 Å². The fraction of sp³-hybridized carbons (Fsp3) is 1.00. The number of nitrogens with one attached hydrogen (secondary N) is 1. The molecular weight excluding hydrogens is 370 g/mol. The number of rotatable bonds is 0. The highest BCUT2D eigenvalue weighted by Crippen LogP contribution is 2.71. The van der Waals surface area contributed by atoms with Crippen molar-refractivity contribution in [2.45, 2.75) is 110 Å². The van der Waals surface area contributed by atoms with Crippen LogP contribution in [0.1, 0.15) is 91.9 Å². The highest BCUT2D eigenvalue weighted by atomic mass is 16.5. The Morgan fingerprint density at radius 3 is 2.43 bits per heavy atom. The van der Waals surface area contributed by atoms with E-state index >= 15 is 0 Å². The molecule has 2 heterocycles. The summed E-state index contributed by atoms with van der Waals surface area (Å²) in [5.41, 5.74) is 0.919. The molecule has 0 aromatic rings. The van der Waals surface area contributed by atoms with Gasteiger partial charge in [-0.25, -0.2) is 0 Å². The third-order valence-corrected chi connectivity index (χ3v) is 12.1. The number of fused-ring (bicyclic) bond motifs is 7. The van der Waals surface area contributed by atoms with Gasteiger partial charge in [0.15, 0.2) is 0 Å². The van der Waals surface area contributed by atoms with Crippen molar-refractivity contribution in [2.75, 3.05) is 6.54 Å². The molecule has 30 heavy (non-hydrogen) atoms. The summed E-state index contributed by atoms with van der Waals surface area (Å²) in [6, 6.07) is 0. The van der Waals surface area contributed by atoms with Gasteiger partial charge >= 0.3 is 0 Å². The molecule has 3 nitrogen and oxygen atoms in total. The van der Waals surface area contributed by atoms with Crippen molar-refractivity contribution in [1.29, 1.82) is 0 Å². The highest BCUT2D eigenvalue weighted by molar-refractivity contribution is 5.16. The van der Waals surface area contributed by atoms with Crippen molar-refractivity contribution in [3.05, 3.63) is 0 Å². The summed E-state index contributed by atoms with van der Waals surface area (Å²) in [7, 11) is 0. The zero-order valence-electron chi connectivity index (χ0n) is 19.8. The lowest BCUT2D eigenvalue weighted by Crippen LogP contribution is -2.57. The number of aliphatic hydroxyl groups excluding tert-OH is 1. The predicted molar refractivity (Wildman–Crippen MR) is 120 cm³/mol. The van der Waals surface area contributed by atoms with Crippen LogP contribution in [0.15, 0.2) is 0 Å². The SMILES string of the molecule is CC1CC[C@]2(NC1)OC1CC3C4CCC5CC(O)CC[C@]5(C)C4CC[C@]3(C)C1C2C. The van der Waals surface area contributed by atoms with Crippen LogP contribution in [0.25, 0.3) is 0 Å². The Kier molecular flexibility index (Phi) is 4.58. The maximum absolute atomic E-state index is 10.3. The molecule has 0 radical (unpaired) electrons. The molecule has 1 spiro atoms. The van der Waals surface area contributed by atoms with Crippen LogP contribution in [0.2, 0.25) is 0 Å². The molecule has 3 heteroatoms. The number of hydrogen-bond acceptors (Lipinski definition) is 3. The van der Waals surface area contributed by atoms with E-state index in [0.717, 1.165) is 54.9 Å². The van der Waals surface area contributed by atoms with Gasteiger partial charge in [0.25, 0.3) is 0 Å². The van der Waals surface area contributed by atoms with E-state index in [4.69, 9.17) is 4.74 Å². The Bertz CT molecular complexity index is 686. The summed E-state index contributed by atoms with van der Waals surface area (Å²) in [6.07, 6.45) is 13.2. The summed E-state index contributed by atoms with van der Waals surface area (Å²) in [5.74, 6) is 5.57. The van der Waals surface area contributed by atoms with Crippen molar-refractivity contribution >= 4 is 0 Å². The third-order valence-electron chi connectivity index (χ3n) is 12.1. The smallest absolute Gasteiger partial charge is 0.122 e. The van der Waals surface area contributed by atoms with E-state index in [1.165, 1.54) is 51.4 Å². The molecule has 0 aromatic carbocycles. The van der Waals surface area contributed by atoms with Crippen LogP contribution < -0.4 is 5.32 Å². The van der Waals surface area contributed by atoms with Crippen molar-refractivity contribution in [3.8, 4) is 0 Å². The first-order chi connectivity index (χ1) is 14.3. The predicted octanol–water partition coefficient (Wildman–Crippen LogP) is 5.37. The topological polar surface area (TPSA) is 41.5 Å². The molecule has 2 saturated heterocycles. The highest BCUT2D eigenvalue weighted by Gasteiger charge is 2.68. The number of aliphatic hydroxyl groups is 1. The van der Waals surface area contributed by atoms with Gasteiger partial charge in [-0.1, -0.05) is 27.7 Å². The van der Waals surface area contributed by atoms with Crippen LogP contribution in [-0.2, 0) is 4.74 Å². The molecule has 4 aliphatic carbocycles. The molecule has 0 aromatic heterocycles. The molecule has 170 valence electrons. The zero-order chi connectivity index (χ0) is 20.9. The lowest BCUT2D eigenvalue weighted by atomic mass is 9.44. The largest absolute Gasteiger partial charge is 0.393 e. The van der Waals surface area contributed by atoms with Gasteiger partial charge in [-0.3, -0.25) is 5.32 Å². The Labute approximate surface area is 184 Å². The quantitative estimate of drug-likeness (QED) is 0.559. The zero-order valence-corrected chi connectivity index (χ0v) is 19.8. The molecule has 9 unspecified atom stereocenters. The minimum atomic E-state index is -0.0320. The van der Waals surface area contributed by atoms with E-state index in [0.29, 0.717) is 22.9 Å². The molecule has 6 rings (SSSR count). The number of piperidine rings is 1. The first-order valence-corrected chi connectivity index (χ1v) is 13.4. The summed E-state index contributed by atoms with van der Waals surface area (Å²) in [4.78, 5) is 0. The third kappa shape index (κ3) is 2.61. The fourth-order valence-electron chi connectivity index (χ4n) is 10.4. The minimum Gasteiger partial charge on any atom is -0.393 e. The summed E-state index contributed by atoms with van der Waals surface area (Å²) in [6.45, 7) is 11.3. The van der Waals surface area contributed by atoms with Crippen LogP contribution in [0.5, 0.6) is 0 Å². The van der Waals surface area contributed by atoms with Gasteiger partial charge in [0.1, 0.15) is 5.72 Å². The second-order valence-corrected chi connectivity index (χ2v) is 13.3. The maximum Gasteiger partial charge on any atom is 0.122 e. The average molecular weight is 416 g/mol. The second-order valence-electron chi connectivity index (χ2n) is 13.3. The lowest BCUT2D eigenvalue weighted by molar-refractivity contribution is -0.140. The lowest BCUT2D eigenvalue weighted by Gasteiger charge is -2.61. The monoisotopic (exact) mass is 415 g/mol. The van der Waals surface area contributed by atoms with E-state index in [-0.39, 0.29) is 11.8 Å². The second kappa shape index (κ2) is 6.70. The molecule has 4 saturated carbocycles. The Morgan fingerprint density at radius 2 is 1.67 bits per heavy atom. The van der Waals surface area contributed by atoms with E-state index in [9.17, 15) is 5.11 Å². The van der Waals surface area contributed by atoms with Gasteiger partial charge < -0.3 is 9.84 Å². The van der Waals surface area contributed by atoms with Crippen molar-refractivity contribution < 1.29 is 9.84 Å². The van der Waals surface area contributed by atoms with Gasteiger partial charge in [-0.05, 0) is 111 Å². The molecule has 2 N–H and O–H groups in total. The van der Waals surface area contributed by atoms with Crippen molar-refractivity contribution in [2.24, 2.45) is 52.3 Å². The molecule has 6 fully saturated rings. The van der Waals surface area contributed by atoms with Gasteiger partial charge in [-0.2, -0.15) is 0 Å². The van der Waals surface area contributed by atoms with E-state index in [1.807, 2.05) is 0 Å². The minimum absolute atomic E-state index is 0.0319. The van der Waals surface area contributed by atoms with E-state index < -0.39 is 0 Å². The van der Waals surface area contributed by atoms with Crippen molar-refractivity contribution in [3.63, 3.8) is 0 Å². The Balaban J connectivity index is 1.26. The van der Waals surface area contributed by atoms with Crippen LogP contribution in [0.4, 0.5) is 0 Å². The van der Waals surface area contributed by atoms with Gasteiger partial charge in [0.2, 0.25) is 0 Å². The molecule has 6 aliphatic rings. The van der Waals surface area contributed by atoms with Crippen LogP contribution >= 0.6 is 0 Å². The Morgan fingerprint density at radius 1 is 0.867 bits per heavy atom. The Hall–Kier alpha value is -0.120. The maximum atomic E-state index is 10.3. The fourth-order valence-corrected chi connectivity index (χ4v) is 10.4. The van der Waals surface area contributed by atoms with E-state index in [2.05, 4.69) is 33.0 Å². The summed E-state index contributed by atoms with van der Waals surface area (Å²) < 4.78 is 7.01. The average Bonchev–Trinajstić information content (AvgIpc) is 3.16. The summed E-state index contributed by atoms with van der Waals surface area (Å²) >= 11 is 0. The molecule has 0 amide bonds. The van der Waals surface area contributed by atoms with Gasteiger partial charge in [-0.15, -0.1) is 0 Å². The number of ether oxygens (including phenoxy) is 1. The van der Waals surface area contributed by atoms with Crippen LogP contribution in [0.3, 0.4) is 0 Å².